The molecule has 0 atom stereocenters. The van der Waals surface area contributed by atoms with E-state index in [1.807, 2.05) is 17.5 Å². The van der Waals surface area contributed by atoms with Crippen LogP contribution in [-0.4, -0.2) is 11.0 Å². The summed E-state index contributed by atoms with van der Waals surface area (Å²) >= 11 is 6.68. The van der Waals surface area contributed by atoms with E-state index < -0.39 is 0 Å². The average Bonchev–Trinajstić information content (AvgIpc) is 2.93. The Labute approximate surface area is 97.9 Å². The molecule has 15 heavy (non-hydrogen) atoms. The fourth-order valence-electron chi connectivity index (χ4n) is 1.18. The van der Waals surface area contributed by atoms with Crippen molar-refractivity contribution in [2.45, 2.75) is 19.4 Å². The van der Waals surface area contributed by atoms with Crippen LogP contribution in [0, 0.1) is 5.92 Å². The minimum absolute atomic E-state index is 0.0543. The minimum Gasteiger partial charge on any atom is -0.357 e. The van der Waals surface area contributed by atoms with Gasteiger partial charge in [0.25, 0.3) is 0 Å². The molecule has 1 aliphatic rings. The van der Waals surface area contributed by atoms with Crippen LogP contribution in [0.1, 0.15) is 17.7 Å². The highest BCUT2D eigenvalue weighted by Crippen LogP contribution is 2.28. The van der Waals surface area contributed by atoms with Gasteiger partial charge in [0, 0.05) is 10.8 Å². The second-order valence-electron chi connectivity index (χ2n) is 3.53. The van der Waals surface area contributed by atoms with Gasteiger partial charge in [0.2, 0.25) is 5.91 Å². The number of hydrogen-bond donors (Lipinski definition) is 2. The Bertz CT molecular complexity index is 358. The maximum atomic E-state index is 11.3. The second kappa shape index (κ2) is 4.72. The Balaban J connectivity index is 1.70. The van der Waals surface area contributed by atoms with Gasteiger partial charge in [-0.1, -0.05) is 6.07 Å². The van der Waals surface area contributed by atoms with Crippen molar-refractivity contribution in [1.29, 1.82) is 0 Å². The molecule has 1 saturated carbocycles. The largest absolute Gasteiger partial charge is 0.357 e. The molecule has 0 spiro atoms. The lowest BCUT2D eigenvalue weighted by molar-refractivity contribution is -0.120. The standard InChI is InChI=1S/C10H12N2OS2/c13-9(7-3-4-7)12-10(14)11-6-8-2-1-5-15-8/h1-2,5,7H,3-4,6H2,(H2,11,12,13,14). The number of thiophene rings is 1. The molecule has 1 aromatic heterocycles. The maximum Gasteiger partial charge on any atom is 0.229 e. The molecule has 2 N–H and O–H groups in total. The molecule has 1 fully saturated rings. The zero-order chi connectivity index (χ0) is 10.7. The molecule has 80 valence electrons. The monoisotopic (exact) mass is 240 g/mol. The molecule has 0 bridgehead atoms. The van der Waals surface area contributed by atoms with Gasteiger partial charge in [-0.3, -0.25) is 4.79 Å². The summed E-state index contributed by atoms with van der Waals surface area (Å²) in [5.41, 5.74) is 0. The number of amides is 1. The molecule has 5 heteroatoms. The highest BCUT2D eigenvalue weighted by Gasteiger charge is 2.29. The Kier molecular flexibility index (Phi) is 3.33. The number of hydrogen-bond acceptors (Lipinski definition) is 3. The summed E-state index contributed by atoms with van der Waals surface area (Å²) in [5, 5.41) is 8.15. The van der Waals surface area contributed by atoms with E-state index in [1.165, 1.54) is 4.88 Å². The average molecular weight is 240 g/mol. The van der Waals surface area contributed by atoms with Crippen molar-refractivity contribution < 1.29 is 4.79 Å². The van der Waals surface area contributed by atoms with Crippen LogP contribution in [0.15, 0.2) is 17.5 Å². The fraction of sp³-hybridized carbons (Fsp3) is 0.400. The van der Waals surface area contributed by atoms with Crippen molar-refractivity contribution in [3.05, 3.63) is 22.4 Å². The Hall–Kier alpha value is -0.940. The molecule has 0 saturated heterocycles. The van der Waals surface area contributed by atoms with Gasteiger partial charge < -0.3 is 10.6 Å². The van der Waals surface area contributed by atoms with Crippen molar-refractivity contribution >= 4 is 34.6 Å². The van der Waals surface area contributed by atoms with E-state index in [1.54, 1.807) is 11.3 Å². The van der Waals surface area contributed by atoms with Gasteiger partial charge in [-0.15, -0.1) is 11.3 Å². The molecule has 3 nitrogen and oxygen atoms in total. The summed E-state index contributed by atoms with van der Waals surface area (Å²) in [7, 11) is 0. The van der Waals surface area contributed by atoms with Crippen molar-refractivity contribution in [3.63, 3.8) is 0 Å². The van der Waals surface area contributed by atoms with Crippen LogP contribution in [0.4, 0.5) is 0 Å². The van der Waals surface area contributed by atoms with Gasteiger partial charge in [0.05, 0.1) is 6.54 Å². The van der Waals surface area contributed by atoms with Crippen molar-refractivity contribution in [3.8, 4) is 0 Å². The molecule has 0 unspecified atom stereocenters. The topological polar surface area (TPSA) is 41.1 Å². The molecule has 1 amide bonds. The van der Waals surface area contributed by atoms with Crippen molar-refractivity contribution in [2.75, 3.05) is 0 Å². The van der Waals surface area contributed by atoms with Gasteiger partial charge in [0.15, 0.2) is 5.11 Å². The zero-order valence-corrected chi connectivity index (χ0v) is 9.79. The van der Waals surface area contributed by atoms with Crippen molar-refractivity contribution in [2.24, 2.45) is 5.92 Å². The van der Waals surface area contributed by atoms with E-state index in [9.17, 15) is 4.79 Å². The molecule has 1 heterocycles. The van der Waals surface area contributed by atoms with Crippen molar-refractivity contribution in [1.82, 2.24) is 10.6 Å². The van der Waals surface area contributed by atoms with E-state index >= 15 is 0 Å². The van der Waals surface area contributed by atoms with Gasteiger partial charge in [-0.2, -0.15) is 0 Å². The van der Waals surface area contributed by atoms with Gasteiger partial charge in [-0.25, -0.2) is 0 Å². The van der Waals surface area contributed by atoms with E-state index in [0.717, 1.165) is 12.8 Å². The molecule has 0 aromatic carbocycles. The second-order valence-corrected chi connectivity index (χ2v) is 4.97. The molecule has 0 aliphatic heterocycles. The smallest absolute Gasteiger partial charge is 0.229 e. The van der Waals surface area contributed by atoms with Crippen LogP contribution >= 0.6 is 23.6 Å². The summed E-state index contributed by atoms with van der Waals surface area (Å²) in [5.74, 6) is 0.255. The number of carbonyl (C=O) groups is 1. The first-order valence-electron chi connectivity index (χ1n) is 4.87. The first-order chi connectivity index (χ1) is 7.25. The van der Waals surface area contributed by atoms with E-state index in [0.29, 0.717) is 11.7 Å². The predicted molar refractivity (Wildman–Crippen MR) is 64.6 cm³/mol. The first-order valence-corrected chi connectivity index (χ1v) is 6.15. The summed E-state index contributed by atoms with van der Waals surface area (Å²) in [6.07, 6.45) is 2.00. The third-order valence-corrected chi connectivity index (χ3v) is 3.31. The Morgan fingerprint density at radius 2 is 2.40 bits per heavy atom. The zero-order valence-electron chi connectivity index (χ0n) is 8.16. The molecule has 1 aromatic rings. The van der Waals surface area contributed by atoms with E-state index in [-0.39, 0.29) is 11.8 Å². The molecule has 2 rings (SSSR count). The van der Waals surface area contributed by atoms with Gasteiger partial charge in [0.1, 0.15) is 0 Å². The molecular weight excluding hydrogens is 228 g/mol. The summed E-state index contributed by atoms with van der Waals surface area (Å²) < 4.78 is 0. The van der Waals surface area contributed by atoms with Gasteiger partial charge >= 0.3 is 0 Å². The van der Waals surface area contributed by atoms with Crippen LogP contribution in [-0.2, 0) is 11.3 Å². The summed E-state index contributed by atoms with van der Waals surface area (Å²) in [6, 6.07) is 4.02. The van der Waals surface area contributed by atoms with Crippen LogP contribution < -0.4 is 10.6 Å². The SMILES string of the molecule is O=C(NC(=S)NCc1cccs1)C1CC1. The highest BCUT2D eigenvalue weighted by atomic mass is 32.1. The normalized spacial score (nSPS) is 14.7. The van der Waals surface area contributed by atoms with E-state index in [2.05, 4.69) is 10.6 Å². The fourth-order valence-corrected chi connectivity index (χ4v) is 2.00. The lowest BCUT2D eigenvalue weighted by atomic mass is 10.4. The lowest BCUT2D eigenvalue weighted by Crippen LogP contribution is -2.39. The highest BCUT2D eigenvalue weighted by molar-refractivity contribution is 7.80. The minimum atomic E-state index is 0.0543. The maximum absolute atomic E-state index is 11.3. The quantitative estimate of drug-likeness (QED) is 0.789. The van der Waals surface area contributed by atoms with Crippen LogP contribution in [0.2, 0.25) is 0 Å². The third kappa shape index (κ3) is 3.28. The third-order valence-electron chi connectivity index (χ3n) is 2.19. The number of nitrogens with one attached hydrogen (secondary N) is 2. The first kappa shape index (κ1) is 10.6. The van der Waals surface area contributed by atoms with E-state index in [4.69, 9.17) is 12.2 Å². The predicted octanol–water partition coefficient (Wildman–Crippen LogP) is 1.65. The summed E-state index contributed by atoms with van der Waals surface area (Å²) in [4.78, 5) is 12.5. The number of rotatable bonds is 3. The number of carbonyl (C=O) groups excluding carboxylic acids is 1. The van der Waals surface area contributed by atoms with Crippen LogP contribution in [0.3, 0.4) is 0 Å². The van der Waals surface area contributed by atoms with Crippen LogP contribution in [0.5, 0.6) is 0 Å². The lowest BCUT2D eigenvalue weighted by Gasteiger charge is -2.07. The van der Waals surface area contributed by atoms with Crippen LogP contribution in [0.25, 0.3) is 0 Å². The Morgan fingerprint density at radius 3 is 3.00 bits per heavy atom. The summed E-state index contributed by atoms with van der Waals surface area (Å²) in [6.45, 7) is 0.682. The van der Waals surface area contributed by atoms with Gasteiger partial charge in [-0.05, 0) is 36.5 Å². The Morgan fingerprint density at radius 1 is 1.60 bits per heavy atom. The molecular formula is C10H12N2OS2. The molecule has 1 aliphatic carbocycles. The number of thiocarbonyl (C=S) groups is 1. The molecule has 0 radical (unpaired) electrons.